The molecule has 0 aromatic carbocycles. The first-order chi connectivity index (χ1) is 9.67. The normalized spacial score (nSPS) is 24.9. The largest absolute Gasteiger partial charge is 0.392 e. The molecule has 2 aromatic rings. The molecule has 20 heavy (non-hydrogen) atoms. The smallest absolute Gasteiger partial charge is 0.154 e. The molecule has 0 radical (unpaired) electrons. The first-order valence-electron chi connectivity index (χ1n) is 7.38. The molecule has 108 valence electrons. The molecule has 2 aromatic heterocycles. The molecule has 5 heteroatoms. The lowest BCUT2D eigenvalue weighted by molar-refractivity contribution is 0.254. The van der Waals surface area contributed by atoms with E-state index in [1.165, 1.54) is 25.7 Å². The summed E-state index contributed by atoms with van der Waals surface area (Å²) in [5.41, 5.74) is 8.83. The molecule has 3 N–H and O–H groups in total. The van der Waals surface area contributed by atoms with Crippen LogP contribution in [0.5, 0.6) is 0 Å². The van der Waals surface area contributed by atoms with Crippen LogP contribution in [0.3, 0.4) is 0 Å². The van der Waals surface area contributed by atoms with Crippen LogP contribution in [0.25, 0.3) is 5.65 Å². The summed E-state index contributed by atoms with van der Waals surface area (Å²) in [6.45, 7) is 2.30. The maximum absolute atomic E-state index is 9.14. The first kappa shape index (κ1) is 13.5. The first-order valence-corrected chi connectivity index (χ1v) is 7.38. The van der Waals surface area contributed by atoms with Gasteiger partial charge < -0.3 is 10.8 Å². The molecule has 0 aliphatic heterocycles. The number of fused-ring (bicyclic) bond motifs is 1. The zero-order chi connectivity index (χ0) is 14.1. The highest BCUT2D eigenvalue weighted by Crippen LogP contribution is 2.35. The van der Waals surface area contributed by atoms with Crippen LogP contribution in [0.4, 0.5) is 0 Å². The van der Waals surface area contributed by atoms with Crippen LogP contribution in [0.1, 0.15) is 49.9 Å². The van der Waals surface area contributed by atoms with Gasteiger partial charge in [-0.15, -0.1) is 0 Å². The molecule has 0 saturated heterocycles. The number of hydrogen-bond acceptors (Lipinski definition) is 4. The van der Waals surface area contributed by atoms with E-state index in [0.717, 1.165) is 22.8 Å². The van der Waals surface area contributed by atoms with E-state index in [4.69, 9.17) is 10.8 Å². The third-order valence-corrected chi connectivity index (χ3v) is 4.49. The Morgan fingerprint density at radius 3 is 2.85 bits per heavy atom. The Bertz CT molecular complexity index is 587. The van der Waals surface area contributed by atoms with Gasteiger partial charge in [-0.1, -0.05) is 19.8 Å². The van der Waals surface area contributed by atoms with Crippen LogP contribution >= 0.6 is 0 Å². The summed E-state index contributed by atoms with van der Waals surface area (Å²) in [5, 5.41) is 13.4. The monoisotopic (exact) mass is 274 g/mol. The van der Waals surface area contributed by atoms with E-state index >= 15 is 0 Å². The van der Waals surface area contributed by atoms with Crippen LogP contribution in [-0.4, -0.2) is 19.7 Å². The predicted molar refractivity (Wildman–Crippen MR) is 77.0 cm³/mol. The molecule has 1 saturated carbocycles. The average Bonchev–Trinajstić information content (AvgIpc) is 2.90. The molecular weight excluding hydrogens is 252 g/mol. The van der Waals surface area contributed by atoms with Crippen molar-refractivity contribution in [2.75, 3.05) is 0 Å². The van der Waals surface area contributed by atoms with Gasteiger partial charge in [0.1, 0.15) is 0 Å². The Morgan fingerprint density at radius 1 is 1.40 bits per heavy atom. The van der Waals surface area contributed by atoms with Gasteiger partial charge in [0, 0.05) is 5.56 Å². The fourth-order valence-corrected chi connectivity index (χ4v) is 3.07. The summed E-state index contributed by atoms with van der Waals surface area (Å²) < 4.78 is 1.74. The number of aromatic nitrogens is 3. The molecule has 0 unspecified atom stereocenters. The number of imidazole rings is 1. The Hall–Kier alpha value is -1.46. The van der Waals surface area contributed by atoms with Crippen molar-refractivity contribution >= 4 is 5.65 Å². The van der Waals surface area contributed by atoms with Crippen molar-refractivity contribution in [1.82, 2.24) is 14.6 Å². The van der Waals surface area contributed by atoms with Crippen molar-refractivity contribution in [1.29, 1.82) is 0 Å². The number of aliphatic hydroxyl groups is 1. The summed E-state index contributed by atoms with van der Waals surface area (Å²) in [4.78, 5) is 4.58. The van der Waals surface area contributed by atoms with Gasteiger partial charge in [0.05, 0.1) is 30.7 Å². The zero-order valence-electron chi connectivity index (χ0n) is 11.9. The molecule has 0 spiro atoms. The Kier molecular flexibility index (Phi) is 3.72. The van der Waals surface area contributed by atoms with E-state index in [9.17, 15) is 0 Å². The molecule has 5 nitrogen and oxygen atoms in total. The van der Waals surface area contributed by atoms with Crippen molar-refractivity contribution in [2.24, 2.45) is 17.6 Å². The van der Waals surface area contributed by atoms with Crippen molar-refractivity contribution in [3.05, 3.63) is 29.7 Å². The van der Waals surface area contributed by atoms with Gasteiger partial charge >= 0.3 is 0 Å². The minimum absolute atomic E-state index is 0.0122. The van der Waals surface area contributed by atoms with E-state index in [1.807, 2.05) is 12.3 Å². The quantitative estimate of drug-likeness (QED) is 0.898. The van der Waals surface area contributed by atoms with E-state index in [-0.39, 0.29) is 12.6 Å². The summed E-state index contributed by atoms with van der Waals surface area (Å²) in [6.07, 6.45) is 8.47. The molecule has 3 rings (SSSR count). The topological polar surface area (TPSA) is 76.4 Å². The Labute approximate surface area is 118 Å². The zero-order valence-corrected chi connectivity index (χ0v) is 11.9. The predicted octanol–water partition coefficient (Wildman–Crippen LogP) is 2.05. The second-order valence-corrected chi connectivity index (χ2v) is 6.04. The Morgan fingerprint density at radius 2 is 2.15 bits per heavy atom. The number of nitrogens with zero attached hydrogens (tertiary/aromatic N) is 3. The van der Waals surface area contributed by atoms with Crippen molar-refractivity contribution in [3.63, 3.8) is 0 Å². The standard InChI is InChI=1S/C15H22N4O/c1-10-2-4-12(5-3-10)15(16)13-8-19-14(18-13)6-11(9-20)7-17-19/h6-8,10,12,15,20H,2-5,9,16H2,1H3/t10?,12?,15-/m0/s1. The molecule has 1 atom stereocenters. The van der Waals surface area contributed by atoms with Crippen LogP contribution < -0.4 is 5.73 Å². The third-order valence-electron chi connectivity index (χ3n) is 4.49. The van der Waals surface area contributed by atoms with Crippen LogP contribution in [0.2, 0.25) is 0 Å². The molecule has 1 fully saturated rings. The second-order valence-electron chi connectivity index (χ2n) is 6.04. The highest BCUT2D eigenvalue weighted by molar-refractivity contribution is 5.41. The SMILES string of the molecule is CC1CCC([C@H](N)c2cn3ncc(CO)cc3n2)CC1. The van der Waals surface area contributed by atoms with Gasteiger partial charge in [-0.05, 0) is 30.7 Å². The average molecular weight is 274 g/mol. The highest BCUT2D eigenvalue weighted by atomic mass is 16.3. The summed E-state index contributed by atoms with van der Waals surface area (Å²) >= 11 is 0. The second kappa shape index (κ2) is 5.50. The lowest BCUT2D eigenvalue weighted by Gasteiger charge is -2.29. The van der Waals surface area contributed by atoms with E-state index < -0.39 is 0 Å². The number of nitrogens with two attached hydrogens (primary N) is 1. The fourth-order valence-electron chi connectivity index (χ4n) is 3.07. The van der Waals surface area contributed by atoms with Gasteiger partial charge in [-0.3, -0.25) is 0 Å². The number of hydrogen-bond donors (Lipinski definition) is 2. The van der Waals surface area contributed by atoms with Gasteiger partial charge in [0.25, 0.3) is 0 Å². The maximum Gasteiger partial charge on any atom is 0.154 e. The number of aliphatic hydroxyl groups excluding tert-OH is 1. The van der Waals surface area contributed by atoms with Gasteiger partial charge in [-0.25, -0.2) is 9.50 Å². The van der Waals surface area contributed by atoms with Gasteiger partial charge in [-0.2, -0.15) is 5.10 Å². The van der Waals surface area contributed by atoms with Crippen LogP contribution in [-0.2, 0) is 6.61 Å². The summed E-state index contributed by atoms with van der Waals surface area (Å²) in [5.74, 6) is 1.35. The van der Waals surface area contributed by atoms with Gasteiger partial charge in [0.15, 0.2) is 5.65 Å². The van der Waals surface area contributed by atoms with Crippen LogP contribution in [0, 0.1) is 11.8 Å². The molecule has 1 aliphatic carbocycles. The summed E-state index contributed by atoms with van der Waals surface area (Å²) in [6, 6.07) is 1.84. The minimum atomic E-state index is -0.0156. The molecule has 2 heterocycles. The Balaban J connectivity index is 1.82. The molecule has 0 amide bonds. The summed E-state index contributed by atoms with van der Waals surface area (Å²) in [7, 11) is 0. The van der Waals surface area contributed by atoms with Crippen molar-refractivity contribution < 1.29 is 5.11 Å². The van der Waals surface area contributed by atoms with E-state index in [2.05, 4.69) is 17.0 Å². The van der Waals surface area contributed by atoms with E-state index in [0.29, 0.717) is 5.92 Å². The van der Waals surface area contributed by atoms with Crippen molar-refractivity contribution in [2.45, 2.75) is 45.3 Å². The lowest BCUT2D eigenvalue weighted by atomic mass is 9.79. The molecule has 0 bridgehead atoms. The maximum atomic E-state index is 9.14. The molecular formula is C15H22N4O. The molecule has 1 aliphatic rings. The third kappa shape index (κ3) is 2.55. The highest BCUT2D eigenvalue weighted by Gasteiger charge is 2.26. The van der Waals surface area contributed by atoms with Gasteiger partial charge in [0.2, 0.25) is 0 Å². The minimum Gasteiger partial charge on any atom is -0.392 e. The lowest BCUT2D eigenvalue weighted by Crippen LogP contribution is -2.25. The fraction of sp³-hybridized carbons (Fsp3) is 0.600. The van der Waals surface area contributed by atoms with E-state index in [1.54, 1.807) is 10.7 Å². The number of rotatable bonds is 3. The van der Waals surface area contributed by atoms with Crippen molar-refractivity contribution in [3.8, 4) is 0 Å². The van der Waals surface area contributed by atoms with Crippen LogP contribution in [0.15, 0.2) is 18.5 Å².